The zero-order valence-corrected chi connectivity index (χ0v) is 26.0. The summed E-state index contributed by atoms with van der Waals surface area (Å²) < 4.78 is 9.03. The van der Waals surface area contributed by atoms with Crippen molar-refractivity contribution in [3.05, 3.63) is 46.2 Å². The molecular weight excluding hydrogens is 552 g/mol. The minimum absolute atomic E-state index is 0.224. The number of benzene rings is 1. The average Bonchev–Trinajstić information content (AvgIpc) is 3.71. The van der Waals surface area contributed by atoms with Crippen molar-refractivity contribution in [2.75, 3.05) is 37.7 Å². The summed E-state index contributed by atoms with van der Waals surface area (Å²) in [7, 11) is 0. The van der Waals surface area contributed by atoms with Crippen LogP contribution < -0.4 is 4.90 Å². The van der Waals surface area contributed by atoms with Crippen LogP contribution in [0.2, 0.25) is 0 Å². The molecule has 1 aliphatic carbocycles. The van der Waals surface area contributed by atoms with E-state index in [1.807, 2.05) is 0 Å². The summed E-state index contributed by atoms with van der Waals surface area (Å²) in [6.07, 6.45) is 5.61. The van der Waals surface area contributed by atoms with Crippen LogP contribution in [0.25, 0.3) is 22.2 Å². The third-order valence-corrected chi connectivity index (χ3v) is 8.71. The maximum atomic E-state index is 11.7. The summed E-state index contributed by atoms with van der Waals surface area (Å²) in [4.78, 5) is 21.9. The number of halogens is 1. The zero-order valence-electron chi connectivity index (χ0n) is 24.4. The first-order valence-electron chi connectivity index (χ1n) is 14.5. The first kappa shape index (κ1) is 28.2. The van der Waals surface area contributed by atoms with Gasteiger partial charge < -0.3 is 14.2 Å². The van der Waals surface area contributed by atoms with Crippen molar-refractivity contribution in [3.63, 3.8) is 0 Å². The van der Waals surface area contributed by atoms with Gasteiger partial charge in [0.25, 0.3) is 0 Å². The Balaban J connectivity index is 1.63. The molecule has 1 aromatic carbocycles. The van der Waals surface area contributed by atoms with Crippen LogP contribution in [0.5, 0.6) is 0 Å². The van der Waals surface area contributed by atoms with Crippen LogP contribution >= 0.6 is 15.9 Å². The molecule has 0 bridgehead atoms. The molecule has 0 atom stereocenters. The Morgan fingerprint density at radius 3 is 2.49 bits per heavy atom. The number of aromatic nitrogens is 2. The molecule has 2 aromatic heterocycles. The van der Waals surface area contributed by atoms with Gasteiger partial charge in [-0.2, -0.15) is 0 Å². The lowest BCUT2D eigenvalue weighted by molar-refractivity contribution is -0.143. The number of ether oxygens (including phenoxy) is 1. The highest BCUT2D eigenvalue weighted by Gasteiger charge is 2.32. The molecule has 210 valence electrons. The fourth-order valence-corrected chi connectivity index (χ4v) is 6.47. The SMILES string of the molecule is CCn1c(-c2cc(N3CCN(C4CC4)CC3)cnc2C(C)C)c(CC(C)(C)COC(C)=O)c2cc(Br)ccc21. The van der Waals surface area contributed by atoms with Gasteiger partial charge in [0, 0.05) is 72.0 Å². The summed E-state index contributed by atoms with van der Waals surface area (Å²) in [5.41, 5.74) is 7.11. The number of pyridine rings is 1. The second-order valence-corrected chi connectivity index (χ2v) is 13.3. The average molecular weight is 596 g/mol. The zero-order chi connectivity index (χ0) is 27.9. The molecule has 5 rings (SSSR count). The molecule has 2 fully saturated rings. The molecule has 0 N–H and O–H groups in total. The van der Waals surface area contributed by atoms with Gasteiger partial charge in [-0.1, -0.05) is 43.6 Å². The first-order valence-corrected chi connectivity index (χ1v) is 15.3. The number of carbonyl (C=O) groups is 1. The van der Waals surface area contributed by atoms with Gasteiger partial charge in [-0.25, -0.2) is 0 Å². The van der Waals surface area contributed by atoms with Crippen molar-refractivity contribution in [2.24, 2.45) is 5.41 Å². The molecule has 0 radical (unpaired) electrons. The number of nitrogens with zero attached hydrogens (tertiary/aromatic N) is 4. The summed E-state index contributed by atoms with van der Waals surface area (Å²) in [5, 5.41) is 1.25. The highest BCUT2D eigenvalue weighted by Crippen LogP contribution is 2.42. The number of hydrogen-bond donors (Lipinski definition) is 0. The van der Waals surface area contributed by atoms with Crippen molar-refractivity contribution in [1.29, 1.82) is 0 Å². The van der Waals surface area contributed by atoms with Crippen molar-refractivity contribution >= 4 is 38.5 Å². The van der Waals surface area contributed by atoms with E-state index in [1.165, 1.54) is 53.2 Å². The number of fused-ring (bicyclic) bond motifs is 1. The van der Waals surface area contributed by atoms with Crippen LogP contribution in [0, 0.1) is 5.41 Å². The fraction of sp³-hybridized carbons (Fsp3) is 0.562. The Labute approximate surface area is 241 Å². The first-order chi connectivity index (χ1) is 18.6. The smallest absolute Gasteiger partial charge is 0.302 e. The van der Waals surface area contributed by atoms with E-state index in [-0.39, 0.29) is 17.3 Å². The maximum Gasteiger partial charge on any atom is 0.302 e. The molecule has 1 saturated carbocycles. The van der Waals surface area contributed by atoms with Crippen LogP contribution in [0.3, 0.4) is 0 Å². The van der Waals surface area contributed by atoms with Crippen LogP contribution in [-0.4, -0.2) is 59.2 Å². The van der Waals surface area contributed by atoms with Gasteiger partial charge in [-0.15, -0.1) is 0 Å². The Hall–Kier alpha value is -2.38. The summed E-state index contributed by atoms with van der Waals surface area (Å²) >= 11 is 3.73. The van der Waals surface area contributed by atoms with E-state index < -0.39 is 0 Å². The van der Waals surface area contributed by atoms with Gasteiger partial charge in [0.15, 0.2) is 0 Å². The minimum atomic E-state index is -0.234. The standard InChI is InChI=1S/C32H43BrN4O2/c1-7-37-29-11-8-23(33)16-26(29)28(18-32(5,6)20-39-22(4)38)31(37)27-17-25(19-34-30(27)21(2)3)36-14-12-35(13-15-36)24-9-10-24/h8,11,16-17,19,21,24H,7,9-10,12-15,18,20H2,1-6H3. The lowest BCUT2D eigenvalue weighted by Crippen LogP contribution is -2.47. The van der Waals surface area contributed by atoms with Crippen molar-refractivity contribution in [2.45, 2.75) is 79.3 Å². The Morgan fingerprint density at radius 2 is 1.87 bits per heavy atom. The maximum absolute atomic E-state index is 11.7. The van der Waals surface area contributed by atoms with Crippen LogP contribution in [0.1, 0.15) is 71.6 Å². The van der Waals surface area contributed by atoms with Gasteiger partial charge in [0.2, 0.25) is 0 Å². The van der Waals surface area contributed by atoms with Crippen LogP contribution in [-0.2, 0) is 22.5 Å². The van der Waals surface area contributed by atoms with Crippen molar-refractivity contribution in [3.8, 4) is 11.3 Å². The molecule has 39 heavy (non-hydrogen) atoms. The van der Waals surface area contributed by atoms with E-state index in [4.69, 9.17) is 9.72 Å². The summed E-state index contributed by atoms with van der Waals surface area (Å²) in [5.74, 6) is 0.0560. The van der Waals surface area contributed by atoms with Gasteiger partial charge in [-0.05, 0) is 61.9 Å². The molecule has 2 aliphatic rings. The molecule has 0 amide bonds. The number of rotatable bonds is 9. The number of piperazine rings is 1. The molecule has 0 unspecified atom stereocenters. The molecule has 3 heterocycles. The molecule has 1 saturated heterocycles. The number of aryl methyl sites for hydroxylation is 1. The van der Waals surface area contributed by atoms with E-state index in [2.05, 4.69) is 95.4 Å². The van der Waals surface area contributed by atoms with Gasteiger partial charge in [0.05, 0.1) is 29.9 Å². The predicted molar refractivity (Wildman–Crippen MR) is 164 cm³/mol. The predicted octanol–water partition coefficient (Wildman–Crippen LogP) is 7.03. The highest BCUT2D eigenvalue weighted by atomic mass is 79.9. The molecule has 1 aliphatic heterocycles. The lowest BCUT2D eigenvalue weighted by atomic mass is 9.84. The van der Waals surface area contributed by atoms with Gasteiger partial charge in [-0.3, -0.25) is 14.7 Å². The number of carbonyl (C=O) groups excluding carboxylic acids is 1. The van der Waals surface area contributed by atoms with E-state index in [1.54, 1.807) is 0 Å². The fourth-order valence-electron chi connectivity index (χ4n) is 6.11. The Bertz CT molecular complexity index is 1350. The summed E-state index contributed by atoms with van der Waals surface area (Å²) in [6.45, 7) is 18.1. The highest BCUT2D eigenvalue weighted by molar-refractivity contribution is 9.10. The van der Waals surface area contributed by atoms with E-state index in [0.717, 1.165) is 55.4 Å². The largest absolute Gasteiger partial charge is 0.465 e. The Morgan fingerprint density at radius 1 is 1.15 bits per heavy atom. The quantitative estimate of drug-likeness (QED) is 0.249. The van der Waals surface area contributed by atoms with Gasteiger partial charge in [0.1, 0.15) is 0 Å². The third kappa shape index (κ3) is 6.04. The van der Waals surface area contributed by atoms with E-state index in [9.17, 15) is 4.79 Å². The number of anilines is 1. The third-order valence-electron chi connectivity index (χ3n) is 8.22. The minimum Gasteiger partial charge on any atom is -0.465 e. The molecule has 7 heteroatoms. The normalized spacial score (nSPS) is 16.9. The molecular formula is C32H43BrN4O2. The second-order valence-electron chi connectivity index (χ2n) is 12.4. The van der Waals surface area contributed by atoms with Crippen LogP contribution in [0.4, 0.5) is 5.69 Å². The molecule has 3 aromatic rings. The monoisotopic (exact) mass is 594 g/mol. The number of hydrogen-bond acceptors (Lipinski definition) is 5. The Kier molecular flexibility index (Phi) is 8.12. The van der Waals surface area contributed by atoms with Gasteiger partial charge >= 0.3 is 5.97 Å². The van der Waals surface area contributed by atoms with Crippen molar-refractivity contribution in [1.82, 2.24) is 14.5 Å². The molecule has 6 nitrogen and oxygen atoms in total. The van der Waals surface area contributed by atoms with E-state index in [0.29, 0.717) is 6.61 Å². The molecule has 0 spiro atoms. The lowest BCUT2D eigenvalue weighted by Gasteiger charge is -2.36. The second kappa shape index (κ2) is 11.2. The number of esters is 1. The topological polar surface area (TPSA) is 50.6 Å². The summed E-state index contributed by atoms with van der Waals surface area (Å²) in [6, 6.07) is 9.81. The van der Waals surface area contributed by atoms with Crippen LogP contribution in [0.15, 0.2) is 34.9 Å². The van der Waals surface area contributed by atoms with E-state index >= 15 is 0 Å². The van der Waals surface area contributed by atoms with Crippen molar-refractivity contribution < 1.29 is 9.53 Å².